The predicted molar refractivity (Wildman–Crippen MR) is 188 cm³/mol. The van der Waals surface area contributed by atoms with Crippen molar-refractivity contribution in [3.63, 3.8) is 0 Å². The fraction of sp³-hybridized carbons (Fsp3) is 0.436. The fourth-order valence-corrected chi connectivity index (χ4v) is 12.8. The predicted octanol–water partition coefficient (Wildman–Crippen LogP) is 8.90. The molecule has 0 spiro atoms. The van der Waals surface area contributed by atoms with Crippen molar-refractivity contribution in [2.75, 3.05) is 13.2 Å². The second kappa shape index (κ2) is 13.3. The number of carbonyl (C=O) groups excluding carboxylic acids is 2. The fourth-order valence-electron chi connectivity index (χ4n) is 7.41. The summed E-state index contributed by atoms with van der Waals surface area (Å²) in [7, 11) is -1.92. The quantitative estimate of drug-likeness (QED) is 0.125. The Morgan fingerprint density at radius 3 is 2.11 bits per heavy atom. The minimum atomic E-state index is -1.92. The lowest BCUT2D eigenvalue weighted by Gasteiger charge is -2.40. The van der Waals surface area contributed by atoms with E-state index in [4.69, 9.17) is 16.3 Å². The third-order valence-electron chi connectivity index (χ3n) is 10.4. The van der Waals surface area contributed by atoms with E-state index < -0.39 is 30.9 Å². The van der Waals surface area contributed by atoms with Crippen LogP contribution in [0.25, 0.3) is 0 Å². The monoisotopic (exact) mass is 673 g/mol. The first-order valence-electron chi connectivity index (χ1n) is 16.5. The Hall–Kier alpha value is -3.28. The van der Waals surface area contributed by atoms with Gasteiger partial charge in [-0.1, -0.05) is 83.3 Å². The van der Waals surface area contributed by atoms with Gasteiger partial charge < -0.3 is 9.84 Å². The van der Waals surface area contributed by atoms with E-state index in [9.17, 15) is 14.7 Å². The molecular weight excluding hydrogens is 629 g/mol. The average Bonchev–Trinajstić information content (AvgIpc) is 3.77. The first-order chi connectivity index (χ1) is 22.2. The van der Waals surface area contributed by atoms with Crippen LogP contribution in [0.2, 0.25) is 21.6 Å². The Morgan fingerprint density at radius 1 is 1.00 bits per heavy atom. The van der Waals surface area contributed by atoms with Crippen LogP contribution in [0.5, 0.6) is 0 Å². The first-order valence-corrected chi connectivity index (χ1v) is 19.1. The molecule has 1 unspecified atom stereocenters. The van der Waals surface area contributed by atoms with Crippen LogP contribution >= 0.6 is 11.6 Å². The zero-order valence-corrected chi connectivity index (χ0v) is 30.2. The Kier molecular flexibility index (Phi) is 9.93. The molecule has 0 radical (unpaired) electrons. The largest absolute Gasteiger partial charge is 0.396 e. The summed E-state index contributed by atoms with van der Waals surface area (Å²) in [6, 6.07) is 17.3. The zero-order valence-electron chi connectivity index (χ0n) is 28.4. The highest BCUT2D eigenvalue weighted by molar-refractivity contribution is 6.90. The highest BCUT2D eigenvalue weighted by Crippen LogP contribution is 2.52. The zero-order chi connectivity index (χ0) is 34.3. The van der Waals surface area contributed by atoms with Gasteiger partial charge in [-0.3, -0.25) is 14.5 Å². The molecule has 1 aliphatic heterocycles. The summed E-state index contributed by atoms with van der Waals surface area (Å²) >= 11 is 6.27. The molecule has 1 saturated carbocycles. The number of Topliss-reactive ketones (excluding diaryl/α,β-unsaturated/α-hetero) is 1. The number of halogens is 2. The average molecular weight is 674 g/mol. The van der Waals surface area contributed by atoms with Crippen LogP contribution in [0.3, 0.4) is 0 Å². The molecule has 2 aliphatic rings. The smallest absolute Gasteiger partial charge is 0.257 e. The summed E-state index contributed by atoms with van der Waals surface area (Å²) in [5.41, 5.74) is 5.70. The van der Waals surface area contributed by atoms with Gasteiger partial charge in [-0.25, -0.2) is 4.39 Å². The maximum atomic E-state index is 16.3. The number of aliphatic hydroxyl groups excluding tert-OH is 1. The van der Waals surface area contributed by atoms with Crippen molar-refractivity contribution in [1.82, 2.24) is 4.90 Å². The van der Waals surface area contributed by atoms with E-state index in [0.29, 0.717) is 27.2 Å². The molecule has 5 rings (SSSR count). The lowest BCUT2D eigenvalue weighted by atomic mass is 9.91. The molecule has 0 aromatic heterocycles. The van der Waals surface area contributed by atoms with Crippen molar-refractivity contribution < 1.29 is 23.8 Å². The van der Waals surface area contributed by atoms with Gasteiger partial charge in [0, 0.05) is 33.7 Å². The number of ketones is 1. The number of fused-ring (bicyclic) bond motifs is 1. The molecule has 5 nitrogen and oxygen atoms in total. The summed E-state index contributed by atoms with van der Waals surface area (Å²) in [4.78, 5) is 28.2. The minimum absolute atomic E-state index is 0.0587. The Balaban J connectivity index is 1.60. The number of ether oxygens (including phenoxy) is 1. The number of amides is 1. The highest BCUT2D eigenvalue weighted by Gasteiger charge is 2.56. The van der Waals surface area contributed by atoms with Gasteiger partial charge in [0.15, 0.2) is 11.5 Å². The lowest BCUT2D eigenvalue weighted by molar-refractivity contribution is -0.130. The molecule has 1 atom stereocenters. The maximum absolute atomic E-state index is 16.3. The van der Waals surface area contributed by atoms with Gasteiger partial charge in [0.2, 0.25) is 0 Å². The molecular formula is C39H45ClFNO4Si. The van der Waals surface area contributed by atoms with Crippen molar-refractivity contribution in [2.24, 2.45) is 5.41 Å². The van der Waals surface area contributed by atoms with Gasteiger partial charge >= 0.3 is 0 Å². The van der Waals surface area contributed by atoms with Crippen molar-refractivity contribution in [2.45, 2.75) is 90.2 Å². The Morgan fingerprint density at radius 2 is 1.60 bits per heavy atom. The maximum Gasteiger partial charge on any atom is 0.257 e. The van der Waals surface area contributed by atoms with E-state index in [1.165, 1.54) is 24.0 Å². The van der Waals surface area contributed by atoms with Gasteiger partial charge in [0.05, 0.1) is 24.3 Å². The van der Waals surface area contributed by atoms with Crippen LogP contribution in [0, 0.1) is 22.7 Å². The van der Waals surface area contributed by atoms with Crippen LogP contribution in [0.15, 0.2) is 60.7 Å². The molecule has 0 saturated heterocycles. The van der Waals surface area contributed by atoms with Crippen molar-refractivity contribution in [3.8, 4) is 11.5 Å². The second-order valence-corrected chi connectivity index (χ2v) is 20.3. The van der Waals surface area contributed by atoms with Crippen LogP contribution in [0.4, 0.5) is 4.39 Å². The highest BCUT2D eigenvalue weighted by atomic mass is 35.5. The molecule has 1 amide bonds. The molecule has 0 bridgehead atoms. The SMILES string of the molecule is CC(=O)c1cc(F)c2c(c1)C(=O)N(Cc1ccc(C#C[Si](C(C)C)(C(C)C)C(C)C)cc1)C2(OCC1(CO)CC1)c1ccc(Cl)cc1. The molecule has 3 aromatic rings. The third kappa shape index (κ3) is 6.34. The summed E-state index contributed by atoms with van der Waals surface area (Å²) < 4.78 is 23.0. The van der Waals surface area contributed by atoms with Crippen molar-refractivity contribution in [3.05, 3.63) is 105 Å². The van der Waals surface area contributed by atoms with Gasteiger partial charge in [-0.2, -0.15) is 0 Å². The molecule has 8 heteroatoms. The topological polar surface area (TPSA) is 66.8 Å². The van der Waals surface area contributed by atoms with E-state index in [1.807, 2.05) is 24.3 Å². The summed E-state index contributed by atoms with van der Waals surface area (Å²) in [6.07, 6.45) is 1.54. The second-order valence-electron chi connectivity index (χ2n) is 14.3. The number of hydrogen-bond donors (Lipinski definition) is 1. The Labute approximate surface area is 284 Å². The number of nitrogens with zero attached hydrogens (tertiary/aromatic N) is 1. The van der Waals surface area contributed by atoms with E-state index in [-0.39, 0.29) is 42.2 Å². The van der Waals surface area contributed by atoms with Gasteiger partial charge in [-0.15, -0.1) is 5.54 Å². The van der Waals surface area contributed by atoms with Crippen molar-refractivity contribution >= 4 is 31.4 Å². The van der Waals surface area contributed by atoms with Crippen LogP contribution in [-0.4, -0.2) is 43.0 Å². The molecule has 1 fully saturated rings. The van der Waals surface area contributed by atoms with Crippen molar-refractivity contribution in [1.29, 1.82) is 0 Å². The number of aliphatic hydroxyl groups is 1. The summed E-state index contributed by atoms with van der Waals surface area (Å²) in [5.74, 6) is 1.99. The number of carbonyl (C=O) groups is 2. The normalized spacial score (nSPS) is 18.5. The number of rotatable bonds is 11. The first kappa shape index (κ1) is 35.0. The van der Waals surface area contributed by atoms with E-state index in [0.717, 1.165) is 24.0 Å². The van der Waals surface area contributed by atoms with E-state index in [1.54, 1.807) is 24.3 Å². The summed E-state index contributed by atoms with van der Waals surface area (Å²) in [5, 5.41) is 10.6. The minimum Gasteiger partial charge on any atom is -0.396 e. The van der Waals surface area contributed by atoms with Crippen LogP contribution in [-0.2, 0) is 17.0 Å². The van der Waals surface area contributed by atoms with Crippen LogP contribution in [0.1, 0.15) is 104 Å². The Bertz CT molecular complexity index is 1700. The lowest BCUT2D eigenvalue weighted by Crippen LogP contribution is -2.48. The third-order valence-corrected chi connectivity index (χ3v) is 16.9. The van der Waals surface area contributed by atoms with Gasteiger partial charge in [-0.05, 0) is 78.4 Å². The molecule has 1 heterocycles. The number of hydrogen-bond acceptors (Lipinski definition) is 4. The van der Waals surface area contributed by atoms with Gasteiger partial charge in [0.1, 0.15) is 13.9 Å². The van der Waals surface area contributed by atoms with E-state index >= 15 is 4.39 Å². The van der Waals surface area contributed by atoms with Crippen LogP contribution < -0.4 is 0 Å². The van der Waals surface area contributed by atoms with E-state index in [2.05, 4.69) is 53.0 Å². The number of benzene rings is 3. The summed E-state index contributed by atoms with van der Waals surface area (Å²) in [6.45, 7) is 15.2. The molecule has 47 heavy (non-hydrogen) atoms. The molecule has 3 aromatic carbocycles. The standard InChI is InChI=1S/C39H45ClFNO4Si/c1-25(2)47(26(3)4,27(5)6)19-16-29-8-10-30(11-9-29)22-42-37(45)34-20-31(28(7)44)21-35(41)36(34)39(42,32-12-14-33(40)15-13-32)46-24-38(23-43)17-18-38/h8-15,20-21,25-27,43H,17-18,22-24H2,1-7H3. The van der Waals surface area contributed by atoms with Gasteiger partial charge in [0.25, 0.3) is 5.91 Å². The molecule has 1 N–H and O–H groups in total. The molecule has 248 valence electrons. The molecule has 1 aliphatic carbocycles.